The molecule has 0 spiro atoms. The summed E-state index contributed by atoms with van der Waals surface area (Å²) in [7, 11) is 2.93. The summed E-state index contributed by atoms with van der Waals surface area (Å²) < 4.78 is 37.1. The maximum Gasteiger partial charge on any atom is 0.406 e. The lowest BCUT2D eigenvalue weighted by atomic mass is 10.2. The zero-order valence-corrected chi connectivity index (χ0v) is 16.2. The van der Waals surface area contributed by atoms with Crippen LogP contribution in [0.3, 0.4) is 0 Å². The first-order valence-corrected chi connectivity index (χ1v) is 9.31. The molecule has 0 radical (unpaired) electrons. The lowest BCUT2D eigenvalue weighted by Crippen LogP contribution is -2.41. The second-order valence-electron chi connectivity index (χ2n) is 5.74. The second kappa shape index (κ2) is 10.3. The number of carbonyl (C=O) groups is 1. The number of benzene rings is 1. The highest BCUT2D eigenvalue weighted by molar-refractivity contribution is 7.98. The summed E-state index contributed by atoms with van der Waals surface area (Å²) >= 11 is 1.66. The predicted octanol–water partition coefficient (Wildman–Crippen LogP) is 2.83. The van der Waals surface area contributed by atoms with Crippen molar-refractivity contribution in [3.05, 3.63) is 29.8 Å². The molecule has 5 nitrogen and oxygen atoms in total. The van der Waals surface area contributed by atoms with Gasteiger partial charge in [-0.2, -0.15) is 13.2 Å². The van der Waals surface area contributed by atoms with Crippen molar-refractivity contribution in [3.8, 4) is 0 Å². The van der Waals surface area contributed by atoms with Crippen molar-refractivity contribution in [2.24, 2.45) is 4.99 Å². The van der Waals surface area contributed by atoms with Crippen LogP contribution >= 0.6 is 11.8 Å². The molecule has 26 heavy (non-hydrogen) atoms. The smallest absolute Gasteiger partial charge is 0.357 e. The average molecular weight is 390 g/mol. The van der Waals surface area contributed by atoms with Crippen LogP contribution < -0.4 is 5.32 Å². The third-order valence-electron chi connectivity index (χ3n) is 3.48. The van der Waals surface area contributed by atoms with E-state index in [2.05, 4.69) is 10.3 Å². The third kappa shape index (κ3) is 7.99. The normalized spacial score (nSPS) is 12.0. The van der Waals surface area contributed by atoms with Crippen molar-refractivity contribution in [3.63, 3.8) is 0 Å². The summed E-state index contributed by atoms with van der Waals surface area (Å²) in [5, 5.41) is 3.05. The van der Waals surface area contributed by atoms with Gasteiger partial charge in [0.25, 0.3) is 0 Å². The molecule has 0 heterocycles. The largest absolute Gasteiger partial charge is 0.406 e. The lowest BCUT2D eigenvalue weighted by molar-refractivity contribution is -0.157. The standard InChI is InChI=1S/C17H25F3N4OS/c1-5-21-16(22-10-15(25)24(3)12-17(18,19)20)23(2)11-13-6-8-14(26-4)9-7-13/h6-9H,5,10-12H2,1-4H3,(H,21,22). The van der Waals surface area contributed by atoms with Gasteiger partial charge in [-0.3, -0.25) is 4.79 Å². The lowest BCUT2D eigenvalue weighted by Gasteiger charge is -2.23. The van der Waals surface area contributed by atoms with Gasteiger partial charge in [-0.15, -0.1) is 11.8 Å². The van der Waals surface area contributed by atoms with Crippen molar-refractivity contribution in [1.29, 1.82) is 0 Å². The van der Waals surface area contributed by atoms with E-state index in [4.69, 9.17) is 0 Å². The Bertz CT molecular complexity index is 605. The number of amides is 1. The van der Waals surface area contributed by atoms with Crippen LogP contribution in [0, 0.1) is 0 Å². The van der Waals surface area contributed by atoms with E-state index in [1.807, 2.05) is 49.4 Å². The maximum absolute atomic E-state index is 12.4. The zero-order chi connectivity index (χ0) is 19.7. The fourth-order valence-electron chi connectivity index (χ4n) is 2.17. The van der Waals surface area contributed by atoms with Gasteiger partial charge >= 0.3 is 6.18 Å². The molecular formula is C17H25F3N4OS. The summed E-state index contributed by atoms with van der Waals surface area (Å²) in [5.41, 5.74) is 1.07. The van der Waals surface area contributed by atoms with Crippen LogP contribution in [0.15, 0.2) is 34.2 Å². The highest BCUT2D eigenvalue weighted by Gasteiger charge is 2.31. The van der Waals surface area contributed by atoms with E-state index in [9.17, 15) is 18.0 Å². The van der Waals surface area contributed by atoms with E-state index in [0.717, 1.165) is 17.5 Å². The van der Waals surface area contributed by atoms with Gasteiger partial charge in [0.1, 0.15) is 13.1 Å². The number of carbonyl (C=O) groups excluding carboxylic acids is 1. The summed E-state index contributed by atoms with van der Waals surface area (Å²) in [6, 6.07) is 8.06. The Kier molecular flexibility index (Phi) is 8.77. The van der Waals surface area contributed by atoms with E-state index >= 15 is 0 Å². The molecule has 0 unspecified atom stereocenters. The number of rotatable bonds is 7. The highest BCUT2D eigenvalue weighted by Crippen LogP contribution is 2.16. The van der Waals surface area contributed by atoms with E-state index in [0.29, 0.717) is 23.9 Å². The van der Waals surface area contributed by atoms with Gasteiger partial charge in [-0.25, -0.2) is 4.99 Å². The van der Waals surface area contributed by atoms with Crippen LogP contribution in [0.2, 0.25) is 0 Å². The third-order valence-corrected chi connectivity index (χ3v) is 4.23. The molecule has 1 N–H and O–H groups in total. The fourth-order valence-corrected chi connectivity index (χ4v) is 2.58. The van der Waals surface area contributed by atoms with Gasteiger partial charge in [-0.05, 0) is 30.9 Å². The van der Waals surface area contributed by atoms with Crippen molar-refractivity contribution in [2.75, 3.05) is 40.0 Å². The molecule has 1 aromatic carbocycles. The minimum Gasteiger partial charge on any atom is -0.357 e. The van der Waals surface area contributed by atoms with Gasteiger partial charge in [0.05, 0.1) is 0 Å². The summed E-state index contributed by atoms with van der Waals surface area (Å²) in [4.78, 5) is 19.6. The number of hydrogen-bond donors (Lipinski definition) is 1. The predicted molar refractivity (Wildman–Crippen MR) is 99.4 cm³/mol. The molecule has 1 amide bonds. The first kappa shape index (κ1) is 22.1. The number of halogens is 3. The number of nitrogens with one attached hydrogen (secondary N) is 1. The van der Waals surface area contributed by atoms with Crippen molar-refractivity contribution < 1.29 is 18.0 Å². The van der Waals surface area contributed by atoms with Crippen LogP contribution in [0.1, 0.15) is 12.5 Å². The Morgan fingerprint density at radius 3 is 2.31 bits per heavy atom. The Morgan fingerprint density at radius 2 is 1.81 bits per heavy atom. The molecule has 0 fully saturated rings. The van der Waals surface area contributed by atoms with Gasteiger partial charge in [-0.1, -0.05) is 12.1 Å². The molecule has 0 aliphatic heterocycles. The van der Waals surface area contributed by atoms with Crippen LogP contribution in [0.25, 0.3) is 0 Å². The first-order valence-electron chi connectivity index (χ1n) is 8.09. The summed E-state index contributed by atoms with van der Waals surface area (Å²) in [5.74, 6) is -0.217. The first-order chi connectivity index (χ1) is 12.2. The fraction of sp³-hybridized carbons (Fsp3) is 0.529. The number of thioether (sulfide) groups is 1. The van der Waals surface area contributed by atoms with Gasteiger partial charge in [0.15, 0.2) is 5.96 Å². The van der Waals surface area contributed by atoms with Crippen LogP contribution in [-0.4, -0.2) is 67.8 Å². The molecule has 0 saturated carbocycles. The van der Waals surface area contributed by atoms with Crippen molar-refractivity contribution >= 4 is 23.6 Å². The second-order valence-corrected chi connectivity index (χ2v) is 6.62. The SMILES string of the molecule is CCNC(=NCC(=O)N(C)CC(F)(F)F)N(C)Cc1ccc(SC)cc1. The van der Waals surface area contributed by atoms with Crippen LogP contribution in [0.5, 0.6) is 0 Å². The minimum absolute atomic E-state index is 0.343. The Balaban J connectivity index is 2.72. The average Bonchev–Trinajstić information content (AvgIpc) is 2.57. The van der Waals surface area contributed by atoms with Gasteiger partial charge in [0.2, 0.25) is 5.91 Å². The molecule has 9 heteroatoms. The molecule has 0 saturated heterocycles. The molecule has 0 aromatic heterocycles. The number of likely N-dealkylation sites (N-methyl/N-ethyl adjacent to an activating group) is 1. The van der Waals surface area contributed by atoms with Gasteiger partial charge < -0.3 is 15.1 Å². The van der Waals surface area contributed by atoms with Gasteiger partial charge in [0, 0.05) is 32.1 Å². The number of nitrogens with zero attached hydrogens (tertiary/aromatic N) is 3. The number of aliphatic imine (C=N–C) groups is 1. The van der Waals surface area contributed by atoms with E-state index in [1.54, 1.807) is 11.8 Å². The molecule has 1 rings (SSSR count). The summed E-state index contributed by atoms with van der Waals surface area (Å²) in [6.07, 6.45) is -2.41. The van der Waals surface area contributed by atoms with Crippen molar-refractivity contribution in [2.45, 2.75) is 24.5 Å². The molecule has 1 aromatic rings. The van der Waals surface area contributed by atoms with Crippen LogP contribution in [-0.2, 0) is 11.3 Å². The number of alkyl halides is 3. The maximum atomic E-state index is 12.4. The Morgan fingerprint density at radius 1 is 1.19 bits per heavy atom. The van der Waals surface area contributed by atoms with E-state index in [-0.39, 0.29) is 6.54 Å². The van der Waals surface area contributed by atoms with E-state index in [1.165, 1.54) is 0 Å². The summed E-state index contributed by atoms with van der Waals surface area (Å²) in [6.45, 7) is 1.41. The molecule has 0 aliphatic rings. The topological polar surface area (TPSA) is 47.9 Å². The monoisotopic (exact) mass is 390 g/mol. The molecule has 0 aliphatic carbocycles. The molecule has 146 valence electrons. The minimum atomic E-state index is -4.42. The molecular weight excluding hydrogens is 365 g/mol. The quantitative estimate of drug-likeness (QED) is 0.442. The van der Waals surface area contributed by atoms with Crippen molar-refractivity contribution in [1.82, 2.24) is 15.1 Å². The Hall–Kier alpha value is -1.90. The van der Waals surface area contributed by atoms with E-state index < -0.39 is 18.6 Å². The highest BCUT2D eigenvalue weighted by atomic mass is 32.2. The molecule has 0 atom stereocenters. The van der Waals surface area contributed by atoms with Crippen LogP contribution in [0.4, 0.5) is 13.2 Å². The Labute approximate surface area is 156 Å². The molecule has 0 bridgehead atoms. The number of hydrogen-bond acceptors (Lipinski definition) is 3. The number of guanidine groups is 1. The zero-order valence-electron chi connectivity index (χ0n) is 15.4.